The number of hydrogen-bond donors (Lipinski definition) is 1. The van der Waals surface area contributed by atoms with Gasteiger partial charge in [0.1, 0.15) is 5.76 Å². The van der Waals surface area contributed by atoms with E-state index < -0.39 is 0 Å². The molecule has 1 aliphatic rings. The molecule has 0 spiro atoms. The Morgan fingerprint density at radius 1 is 1.58 bits per heavy atom. The van der Waals surface area contributed by atoms with Gasteiger partial charge >= 0.3 is 6.03 Å². The number of amides is 2. The maximum atomic E-state index is 12.1. The van der Waals surface area contributed by atoms with Crippen LogP contribution in [0.1, 0.15) is 18.6 Å². The van der Waals surface area contributed by atoms with E-state index in [1.54, 1.807) is 6.26 Å². The lowest BCUT2D eigenvalue weighted by molar-refractivity contribution is 0.140. The molecule has 0 bridgehead atoms. The molecule has 1 aromatic heterocycles. The average Bonchev–Trinajstić information content (AvgIpc) is 2.92. The first kappa shape index (κ1) is 13.9. The van der Waals surface area contributed by atoms with Crippen LogP contribution >= 0.6 is 0 Å². The number of likely N-dealkylation sites (tertiary alicyclic amines) is 1. The molecule has 5 nitrogen and oxygen atoms in total. The maximum Gasteiger partial charge on any atom is 0.317 e. The highest BCUT2D eigenvalue weighted by Crippen LogP contribution is 2.13. The van der Waals surface area contributed by atoms with Crippen molar-refractivity contribution in [2.45, 2.75) is 25.3 Å². The highest BCUT2D eigenvalue weighted by molar-refractivity contribution is 5.74. The molecular weight excluding hydrogens is 242 g/mol. The summed E-state index contributed by atoms with van der Waals surface area (Å²) in [5, 5.41) is 2.96. The molecule has 2 amide bonds. The summed E-state index contributed by atoms with van der Waals surface area (Å²) in [4.78, 5) is 16.2. The highest BCUT2D eigenvalue weighted by atomic mass is 16.3. The van der Waals surface area contributed by atoms with E-state index in [2.05, 4.69) is 24.3 Å². The van der Waals surface area contributed by atoms with Gasteiger partial charge < -0.3 is 19.5 Å². The summed E-state index contributed by atoms with van der Waals surface area (Å²) >= 11 is 0. The fourth-order valence-corrected chi connectivity index (χ4v) is 2.42. The van der Waals surface area contributed by atoms with Gasteiger partial charge in [0.25, 0.3) is 0 Å². The SMILES string of the molecule is CN(C)[C@H]1CCCN(C(=O)NCCc2ccco2)C1. The minimum absolute atomic E-state index is 0.0399. The summed E-state index contributed by atoms with van der Waals surface area (Å²) in [6, 6.07) is 4.31. The summed E-state index contributed by atoms with van der Waals surface area (Å²) in [6.45, 7) is 2.30. The number of rotatable bonds is 4. The van der Waals surface area contributed by atoms with Crippen LogP contribution in [0, 0.1) is 0 Å². The molecule has 1 fully saturated rings. The van der Waals surface area contributed by atoms with Crippen molar-refractivity contribution >= 4 is 6.03 Å². The van der Waals surface area contributed by atoms with Crippen molar-refractivity contribution in [3.63, 3.8) is 0 Å². The molecule has 1 aliphatic heterocycles. The Balaban J connectivity index is 1.73. The van der Waals surface area contributed by atoms with Gasteiger partial charge in [-0.2, -0.15) is 0 Å². The minimum atomic E-state index is 0.0399. The predicted octanol–water partition coefficient (Wildman–Crippen LogP) is 1.56. The fourth-order valence-electron chi connectivity index (χ4n) is 2.42. The van der Waals surface area contributed by atoms with Gasteiger partial charge in [0, 0.05) is 32.1 Å². The lowest BCUT2D eigenvalue weighted by atomic mass is 10.1. The van der Waals surface area contributed by atoms with Crippen LogP contribution < -0.4 is 5.32 Å². The Bertz CT molecular complexity index is 389. The van der Waals surface area contributed by atoms with Crippen molar-refractivity contribution in [1.29, 1.82) is 0 Å². The normalized spacial score (nSPS) is 19.7. The van der Waals surface area contributed by atoms with Crippen LogP contribution in [0.4, 0.5) is 4.79 Å². The van der Waals surface area contributed by atoms with Crippen molar-refractivity contribution in [2.24, 2.45) is 0 Å². The zero-order valence-corrected chi connectivity index (χ0v) is 11.8. The number of urea groups is 1. The monoisotopic (exact) mass is 265 g/mol. The lowest BCUT2D eigenvalue weighted by Gasteiger charge is -2.36. The van der Waals surface area contributed by atoms with Crippen LogP contribution in [-0.2, 0) is 6.42 Å². The Kier molecular flexibility index (Phi) is 4.85. The number of likely N-dealkylation sites (N-methyl/N-ethyl adjacent to an activating group) is 1. The van der Waals surface area contributed by atoms with Crippen molar-refractivity contribution < 1.29 is 9.21 Å². The van der Waals surface area contributed by atoms with Crippen LogP contribution in [-0.4, -0.2) is 55.6 Å². The molecule has 1 aromatic rings. The topological polar surface area (TPSA) is 48.7 Å². The Hall–Kier alpha value is -1.49. The number of carbonyl (C=O) groups is 1. The first-order chi connectivity index (χ1) is 9.16. The number of furan rings is 1. The summed E-state index contributed by atoms with van der Waals surface area (Å²) in [5.41, 5.74) is 0. The number of nitrogens with one attached hydrogen (secondary N) is 1. The number of carbonyl (C=O) groups excluding carboxylic acids is 1. The summed E-state index contributed by atoms with van der Waals surface area (Å²) < 4.78 is 5.24. The Morgan fingerprint density at radius 3 is 3.11 bits per heavy atom. The van der Waals surface area contributed by atoms with Crippen molar-refractivity contribution in [1.82, 2.24) is 15.1 Å². The zero-order valence-electron chi connectivity index (χ0n) is 11.8. The maximum absolute atomic E-state index is 12.1. The van der Waals surface area contributed by atoms with E-state index in [1.807, 2.05) is 17.0 Å². The zero-order chi connectivity index (χ0) is 13.7. The third-order valence-corrected chi connectivity index (χ3v) is 3.64. The molecule has 1 N–H and O–H groups in total. The molecule has 0 aliphatic carbocycles. The Morgan fingerprint density at radius 2 is 2.42 bits per heavy atom. The first-order valence-electron chi connectivity index (χ1n) is 6.88. The second kappa shape index (κ2) is 6.61. The van der Waals surface area contributed by atoms with E-state index in [0.29, 0.717) is 12.6 Å². The van der Waals surface area contributed by atoms with Crippen LogP contribution in [0.2, 0.25) is 0 Å². The summed E-state index contributed by atoms with van der Waals surface area (Å²) in [6.07, 6.45) is 4.64. The predicted molar refractivity (Wildman–Crippen MR) is 74.1 cm³/mol. The van der Waals surface area contributed by atoms with E-state index in [4.69, 9.17) is 4.42 Å². The molecule has 1 atom stereocenters. The van der Waals surface area contributed by atoms with Crippen LogP contribution in [0.5, 0.6) is 0 Å². The van der Waals surface area contributed by atoms with Gasteiger partial charge in [-0.25, -0.2) is 4.79 Å². The highest BCUT2D eigenvalue weighted by Gasteiger charge is 2.24. The third kappa shape index (κ3) is 3.99. The molecule has 0 saturated carbocycles. The molecule has 0 aromatic carbocycles. The van der Waals surface area contributed by atoms with Gasteiger partial charge in [-0.15, -0.1) is 0 Å². The largest absolute Gasteiger partial charge is 0.469 e. The van der Waals surface area contributed by atoms with Crippen LogP contribution in [0.3, 0.4) is 0 Å². The standard InChI is InChI=1S/C14H23N3O2/c1-16(2)12-5-3-9-17(11-12)14(18)15-8-7-13-6-4-10-19-13/h4,6,10,12H,3,5,7-9,11H2,1-2H3,(H,15,18)/t12-/m0/s1. The van der Waals surface area contributed by atoms with Gasteiger partial charge in [0.2, 0.25) is 0 Å². The van der Waals surface area contributed by atoms with Crippen molar-refractivity contribution in [2.75, 3.05) is 33.7 Å². The van der Waals surface area contributed by atoms with Gasteiger partial charge in [0.15, 0.2) is 0 Å². The molecular formula is C14H23N3O2. The molecule has 2 rings (SSSR count). The minimum Gasteiger partial charge on any atom is -0.469 e. The number of nitrogens with zero attached hydrogens (tertiary/aromatic N) is 2. The van der Waals surface area contributed by atoms with E-state index >= 15 is 0 Å². The fraction of sp³-hybridized carbons (Fsp3) is 0.643. The lowest BCUT2D eigenvalue weighted by Crippen LogP contribution is -2.50. The summed E-state index contributed by atoms with van der Waals surface area (Å²) in [7, 11) is 4.14. The molecule has 106 valence electrons. The molecule has 19 heavy (non-hydrogen) atoms. The molecule has 1 saturated heterocycles. The quantitative estimate of drug-likeness (QED) is 0.898. The smallest absolute Gasteiger partial charge is 0.317 e. The van der Waals surface area contributed by atoms with Gasteiger partial charge in [-0.05, 0) is 39.1 Å². The first-order valence-corrected chi connectivity index (χ1v) is 6.88. The second-order valence-corrected chi connectivity index (χ2v) is 5.27. The molecule has 2 heterocycles. The molecule has 5 heteroatoms. The van der Waals surface area contributed by atoms with Crippen molar-refractivity contribution in [3.8, 4) is 0 Å². The van der Waals surface area contributed by atoms with Crippen LogP contribution in [0.15, 0.2) is 22.8 Å². The molecule has 0 radical (unpaired) electrons. The average molecular weight is 265 g/mol. The van der Waals surface area contributed by atoms with E-state index in [0.717, 1.165) is 31.7 Å². The van der Waals surface area contributed by atoms with Crippen LogP contribution in [0.25, 0.3) is 0 Å². The van der Waals surface area contributed by atoms with Gasteiger partial charge in [-0.3, -0.25) is 0 Å². The van der Waals surface area contributed by atoms with Gasteiger partial charge in [0.05, 0.1) is 6.26 Å². The van der Waals surface area contributed by atoms with Crippen molar-refractivity contribution in [3.05, 3.63) is 24.2 Å². The Labute approximate surface area is 114 Å². The second-order valence-electron chi connectivity index (χ2n) is 5.27. The van der Waals surface area contributed by atoms with E-state index in [9.17, 15) is 4.79 Å². The number of piperidine rings is 1. The van der Waals surface area contributed by atoms with Gasteiger partial charge in [-0.1, -0.05) is 0 Å². The van der Waals surface area contributed by atoms with E-state index in [-0.39, 0.29) is 6.03 Å². The molecule has 0 unspecified atom stereocenters. The number of hydrogen-bond acceptors (Lipinski definition) is 3. The summed E-state index contributed by atoms with van der Waals surface area (Å²) in [5.74, 6) is 0.908. The van der Waals surface area contributed by atoms with E-state index in [1.165, 1.54) is 6.42 Å². The third-order valence-electron chi connectivity index (χ3n) is 3.64.